The summed E-state index contributed by atoms with van der Waals surface area (Å²) in [7, 11) is 4.07. The van der Waals surface area contributed by atoms with E-state index < -0.39 is 0 Å². The Labute approximate surface area is 137 Å². The first-order valence-electron chi connectivity index (χ1n) is 9.71. The van der Waals surface area contributed by atoms with E-state index >= 15 is 0 Å². The average molecular weight is 311 g/mol. The van der Waals surface area contributed by atoms with Crippen LogP contribution in [0.5, 0.6) is 0 Å². The van der Waals surface area contributed by atoms with Crippen molar-refractivity contribution in [2.75, 3.05) is 0 Å². The number of allylic oxidation sites excluding steroid dienone is 1. The molecule has 0 aromatic carbocycles. The molecule has 0 saturated carbocycles. The smallest absolute Gasteiger partial charge is 0.0146 e. The van der Waals surface area contributed by atoms with Gasteiger partial charge in [0, 0.05) is 0 Å². The van der Waals surface area contributed by atoms with Gasteiger partial charge in [0.15, 0.2) is 0 Å². The second kappa shape index (κ2) is 20.2. The third-order valence-electron chi connectivity index (χ3n) is 4.33. The first-order chi connectivity index (χ1) is 10.4. The maximum atomic E-state index is 4.07. The maximum Gasteiger partial charge on any atom is -0.0146 e. The molecule has 21 heavy (non-hydrogen) atoms. The lowest BCUT2D eigenvalue weighted by Crippen LogP contribution is -1.83. The monoisotopic (exact) mass is 310 g/mol. The number of unbranched alkanes of at least 4 members (excludes halogenated alkanes) is 16. The van der Waals surface area contributed by atoms with Gasteiger partial charge in [-0.1, -0.05) is 115 Å². The fourth-order valence-electron chi connectivity index (χ4n) is 2.88. The molecule has 0 aromatic rings. The molecule has 0 saturated heterocycles. The molecule has 0 unspecified atom stereocenters. The summed E-state index contributed by atoms with van der Waals surface area (Å²) >= 11 is 0. The van der Waals surface area contributed by atoms with Crippen LogP contribution in [-0.2, 0) is 0 Å². The highest BCUT2D eigenvalue weighted by molar-refractivity contribution is 7.20. The summed E-state index contributed by atoms with van der Waals surface area (Å²) in [6.07, 6.45) is 26.5. The van der Waals surface area contributed by atoms with Crippen LogP contribution >= 0.6 is 9.24 Å². The summed E-state index contributed by atoms with van der Waals surface area (Å²) in [5.74, 6) is 1.87. The third kappa shape index (κ3) is 20.2. The molecule has 0 N–H and O–H groups in total. The summed E-state index contributed by atoms with van der Waals surface area (Å²) in [5.41, 5.74) is 0. The van der Waals surface area contributed by atoms with Gasteiger partial charge >= 0.3 is 0 Å². The van der Waals surface area contributed by atoms with Crippen LogP contribution in [0.3, 0.4) is 0 Å². The number of hydrogen-bond donors (Lipinski definition) is 0. The molecule has 0 amide bonds. The molecule has 0 rings (SSSR count). The summed E-state index contributed by atoms with van der Waals surface area (Å²) in [6.45, 7) is 2.29. The molecule has 0 aliphatic rings. The van der Waals surface area contributed by atoms with Crippen LogP contribution in [0, 0.1) is 0 Å². The fourth-order valence-corrected chi connectivity index (χ4v) is 3.03. The van der Waals surface area contributed by atoms with E-state index in [-0.39, 0.29) is 0 Å². The first-order valence-corrected chi connectivity index (χ1v) is 10.2. The molecule has 0 aliphatic carbocycles. The minimum atomic E-state index is 1.21. The normalized spacial score (nSPS) is 11.5. The van der Waals surface area contributed by atoms with Crippen molar-refractivity contribution in [3.05, 3.63) is 11.9 Å². The highest BCUT2D eigenvalue weighted by Gasteiger charge is 1.94. The first kappa shape index (κ1) is 21.2. The van der Waals surface area contributed by atoms with Crippen LogP contribution in [0.25, 0.3) is 0 Å². The number of rotatable bonds is 17. The molecular weight excluding hydrogens is 271 g/mol. The van der Waals surface area contributed by atoms with Crippen molar-refractivity contribution in [1.29, 1.82) is 0 Å². The Morgan fingerprint density at radius 1 is 0.524 bits per heavy atom. The van der Waals surface area contributed by atoms with E-state index in [9.17, 15) is 0 Å². The molecule has 0 atom stereocenters. The lowest BCUT2D eigenvalue weighted by molar-refractivity contribution is 0.530. The van der Waals surface area contributed by atoms with Crippen LogP contribution in [0.2, 0.25) is 0 Å². The molecule has 0 nitrogen and oxygen atoms in total. The van der Waals surface area contributed by atoms with E-state index in [1.165, 1.54) is 109 Å². The fraction of sp³-hybridized carbons (Fsp3) is 0.900. The zero-order valence-corrected chi connectivity index (χ0v) is 15.5. The van der Waals surface area contributed by atoms with Crippen molar-refractivity contribution in [3.63, 3.8) is 0 Å². The molecule has 2 radical (unpaired) electrons. The Balaban J connectivity index is 2.93. The van der Waals surface area contributed by atoms with Gasteiger partial charge in [0.2, 0.25) is 0 Å². The van der Waals surface area contributed by atoms with Crippen molar-refractivity contribution < 1.29 is 0 Å². The van der Waals surface area contributed by atoms with Crippen LogP contribution in [-0.4, -0.2) is 0 Å². The Bertz CT molecular complexity index is 198. The van der Waals surface area contributed by atoms with Gasteiger partial charge in [0.05, 0.1) is 0 Å². The Morgan fingerprint density at radius 2 is 0.857 bits per heavy atom. The second-order valence-electron chi connectivity index (χ2n) is 6.48. The van der Waals surface area contributed by atoms with E-state index in [0.717, 1.165) is 0 Å². The molecule has 0 aliphatic heterocycles. The van der Waals surface area contributed by atoms with Crippen molar-refractivity contribution in [2.45, 2.75) is 116 Å². The van der Waals surface area contributed by atoms with Gasteiger partial charge in [-0.15, -0.1) is 0 Å². The van der Waals surface area contributed by atoms with Gasteiger partial charge in [-0.3, -0.25) is 0 Å². The summed E-state index contributed by atoms with van der Waals surface area (Å²) in [5, 5.41) is 0. The molecule has 124 valence electrons. The summed E-state index contributed by atoms with van der Waals surface area (Å²) < 4.78 is 0. The molecular formula is C20H39P. The topological polar surface area (TPSA) is 0 Å². The highest BCUT2D eigenvalue weighted by Crippen LogP contribution is 2.14. The van der Waals surface area contributed by atoms with E-state index in [4.69, 9.17) is 0 Å². The second-order valence-corrected chi connectivity index (χ2v) is 6.77. The highest BCUT2D eigenvalue weighted by atomic mass is 31.0. The van der Waals surface area contributed by atoms with E-state index in [1.807, 2.05) is 5.82 Å². The van der Waals surface area contributed by atoms with Crippen LogP contribution in [0.1, 0.15) is 116 Å². The Kier molecular flexibility index (Phi) is 20.3. The van der Waals surface area contributed by atoms with Gasteiger partial charge in [-0.05, 0) is 22.1 Å². The molecule has 0 heterocycles. The largest absolute Gasteiger partial charge is 0.0834 e. The third-order valence-corrected chi connectivity index (χ3v) is 4.54. The van der Waals surface area contributed by atoms with E-state index in [2.05, 4.69) is 22.2 Å². The molecule has 0 bridgehead atoms. The zero-order valence-electron chi connectivity index (χ0n) is 14.6. The quantitative estimate of drug-likeness (QED) is 0.186. The minimum Gasteiger partial charge on any atom is -0.0834 e. The van der Waals surface area contributed by atoms with Gasteiger partial charge in [0.25, 0.3) is 0 Å². The van der Waals surface area contributed by atoms with Gasteiger partial charge in [0.1, 0.15) is 0 Å². The SMILES string of the molecule is CCCCCCCCCCCCCCCCCC/C=C/[P]. The lowest BCUT2D eigenvalue weighted by Gasteiger charge is -2.03. The lowest BCUT2D eigenvalue weighted by atomic mass is 10.0. The maximum absolute atomic E-state index is 4.07. The van der Waals surface area contributed by atoms with Gasteiger partial charge < -0.3 is 0 Å². The Morgan fingerprint density at radius 3 is 1.19 bits per heavy atom. The van der Waals surface area contributed by atoms with Crippen LogP contribution in [0.15, 0.2) is 11.9 Å². The van der Waals surface area contributed by atoms with Crippen molar-refractivity contribution >= 4 is 9.24 Å². The van der Waals surface area contributed by atoms with Crippen molar-refractivity contribution in [2.24, 2.45) is 0 Å². The van der Waals surface area contributed by atoms with Crippen molar-refractivity contribution in [3.8, 4) is 0 Å². The molecule has 1 heteroatoms. The van der Waals surface area contributed by atoms with E-state index in [1.54, 1.807) is 0 Å². The predicted molar refractivity (Wildman–Crippen MR) is 100 cm³/mol. The predicted octanol–water partition coefficient (Wildman–Crippen LogP) is 8.56. The number of hydrogen-bond acceptors (Lipinski definition) is 0. The van der Waals surface area contributed by atoms with Gasteiger partial charge in [-0.2, -0.15) is 0 Å². The van der Waals surface area contributed by atoms with Crippen LogP contribution in [0.4, 0.5) is 0 Å². The average Bonchev–Trinajstić information content (AvgIpc) is 2.50. The van der Waals surface area contributed by atoms with Crippen LogP contribution < -0.4 is 0 Å². The van der Waals surface area contributed by atoms with Crippen molar-refractivity contribution in [1.82, 2.24) is 0 Å². The Hall–Kier alpha value is 0.170. The zero-order chi connectivity index (χ0) is 15.4. The molecule has 0 aromatic heterocycles. The van der Waals surface area contributed by atoms with Gasteiger partial charge in [-0.25, -0.2) is 0 Å². The minimum absolute atomic E-state index is 1.21. The summed E-state index contributed by atoms with van der Waals surface area (Å²) in [4.78, 5) is 0. The summed E-state index contributed by atoms with van der Waals surface area (Å²) in [6, 6.07) is 0. The van der Waals surface area contributed by atoms with E-state index in [0.29, 0.717) is 0 Å². The molecule has 0 spiro atoms. The standard InChI is InChI=1S/C20H39P/c1-2-3-4-5-6-7-8-9-10-11-12-13-14-15-16-17-18-19-20-21/h19-20H,2-18H2,1H3/b20-19+. The molecule has 0 fully saturated rings.